The average molecular weight is 335 g/mol. The van der Waals surface area contributed by atoms with Crippen LogP contribution in [0.1, 0.15) is 37.3 Å². The zero-order valence-electron chi connectivity index (χ0n) is 13.7. The fraction of sp³-hybridized carbons (Fsp3) is 0.588. The largest absolute Gasteiger partial charge is 0.299 e. The quantitative estimate of drug-likeness (QED) is 0.828. The van der Waals surface area contributed by atoms with E-state index in [0.717, 1.165) is 43.6 Å². The number of hydrogen-bond acceptors (Lipinski definition) is 4. The lowest BCUT2D eigenvalue weighted by Gasteiger charge is -2.33. The van der Waals surface area contributed by atoms with Gasteiger partial charge in [0.15, 0.2) is 0 Å². The summed E-state index contributed by atoms with van der Waals surface area (Å²) in [4.78, 5) is 2.32. The number of nitrogens with one attached hydrogen (secondary N) is 1. The Hall–Kier alpha value is -1.42. The van der Waals surface area contributed by atoms with Crippen molar-refractivity contribution in [2.24, 2.45) is 5.92 Å². The van der Waals surface area contributed by atoms with Crippen molar-refractivity contribution in [2.45, 2.75) is 32.7 Å². The average Bonchev–Trinajstić information content (AvgIpc) is 2.54. The molecule has 1 fully saturated rings. The SMILES string of the molecule is CCCS(=O)(=O)NCC1CCCN(Cc2ccccc2C#N)C1. The van der Waals surface area contributed by atoms with Crippen molar-refractivity contribution in [3.05, 3.63) is 35.4 Å². The molecule has 1 unspecified atom stereocenters. The number of sulfonamides is 1. The fourth-order valence-corrected chi connectivity index (χ4v) is 4.23. The van der Waals surface area contributed by atoms with Gasteiger partial charge >= 0.3 is 0 Å². The van der Waals surface area contributed by atoms with Crippen molar-refractivity contribution < 1.29 is 8.42 Å². The molecule has 126 valence electrons. The van der Waals surface area contributed by atoms with Crippen LogP contribution in [0.3, 0.4) is 0 Å². The maximum atomic E-state index is 11.8. The molecule has 1 atom stereocenters. The first-order valence-corrected chi connectivity index (χ1v) is 9.87. The second-order valence-electron chi connectivity index (χ2n) is 6.18. The summed E-state index contributed by atoms with van der Waals surface area (Å²) in [6.45, 7) is 5.00. The molecule has 0 amide bonds. The van der Waals surface area contributed by atoms with Crippen molar-refractivity contribution in [1.29, 1.82) is 5.26 Å². The molecular weight excluding hydrogens is 310 g/mol. The van der Waals surface area contributed by atoms with Gasteiger partial charge in [-0.3, -0.25) is 4.90 Å². The van der Waals surface area contributed by atoms with Gasteiger partial charge in [0.25, 0.3) is 0 Å². The monoisotopic (exact) mass is 335 g/mol. The molecular formula is C17H25N3O2S. The molecule has 5 nitrogen and oxygen atoms in total. The van der Waals surface area contributed by atoms with Crippen LogP contribution in [0.15, 0.2) is 24.3 Å². The number of nitriles is 1. The molecule has 0 bridgehead atoms. The lowest BCUT2D eigenvalue weighted by Crippen LogP contribution is -2.41. The van der Waals surface area contributed by atoms with E-state index in [2.05, 4.69) is 15.7 Å². The molecule has 1 heterocycles. The molecule has 1 saturated heterocycles. The lowest BCUT2D eigenvalue weighted by molar-refractivity contribution is 0.169. The van der Waals surface area contributed by atoms with E-state index < -0.39 is 10.0 Å². The van der Waals surface area contributed by atoms with Gasteiger partial charge in [-0.05, 0) is 43.4 Å². The number of likely N-dealkylation sites (tertiary alicyclic amines) is 1. The molecule has 1 N–H and O–H groups in total. The summed E-state index contributed by atoms with van der Waals surface area (Å²) in [5.41, 5.74) is 1.76. The Morgan fingerprint density at radius 1 is 1.39 bits per heavy atom. The van der Waals surface area contributed by atoms with Crippen LogP contribution in [0.2, 0.25) is 0 Å². The topological polar surface area (TPSA) is 73.2 Å². The molecule has 0 aromatic heterocycles. The Morgan fingerprint density at radius 3 is 2.91 bits per heavy atom. The number of benzene rings is 1. The maximum Gasteiger partial charge on any atom is 0.211 e. The zero-order chi connectivity index (χ0) is 16.7. The van der Waals surface area contributed by atoms with Gasteiger partial charge in [-0.25, -0.2) is 13.1 Å². The molecule has 1 aliphatic heterocycles. The van der Waals surface area contributed by atoms with Gasteiger partial charge in [0.1, 0.15) is 0 Å². The molecule has 0 spiro atoms. The third-order valence-electron chi connectivity index (χ3n) is 4.20. The first kappa shape index (κ1) is 17.9. The van der Waals surface area contributed by atoms with Gasteiger partial charge < -0.3 is 0 Å². The first-order valence-electron chi connectivity index (χ1n) is 8.21. The maximum absolute atomic E-state index is 11.8. The summed E-state index contributed by atoms with van der Waals surface area (Å²) in [6, 6.07) is 9.91. The Kier molecular flexibility index (Phi) is 6.58. The third-order valence-corrected chi connectivity index (χ3v) is 5.75. The zero-order valence-corrected chi connectivity index (χ0v) is 14.5. The van der Waals surface area contributed by atoms with E-state index in [-0.39, 0.29) is 5.75 Å². The normalized spacial score (nSPS) is 19.4. The molecule has 23 heavy (non-hydrogen) atoms. The van der Waals surface area contributed by atoms with Crippen LogP contribution in [-0.4, -0.2) is 38.7 Å². The molecule has 1 aromatic rings. The lowest BCUT2D eigenvalue weighted by atomic mass is 9.97. The highest BCUT2D eigenvalue weighted by molar-refractivity contribution is 7.89. The van der Waals surface area contributed by atoms with Gasteiger partial charge in [0.05, 0.1) is 17.4 Å². The fourth-order valence-electron chi connectivity index (χ4n) is 3.06. The van der Waals surface area contributed by atoms with Crippen LogP contribution in [0, 0.1) is 17.2 Å². The smallest absolute Gasteiger partial charge is 0.211 e. The standard InChI is InChI=1S/C17H25N3O2S/c1-2-10-23(21,22)19-12-15-6-5-9-20(13-15)14-17-8-4-3-7-16(17)11-18/h3-4,7-8,15,19H,2,5-6,9-10,12-14H2,1H3. The Balaban J connectivity index is 1.90. The van der Waals surface area contributed by atoms with Crippen LogP contribution in [0.4, 0.5) is 0 Å². The van der Waals surface area contributed by atoms with E-state index in [1.54, 1.807) is 0 Å². The van der Waals surface area contributed by atoms with E-state index in [1.807, 2.05) is 31.2 Å². The number of rotatable bonds is 7. The van der Waals surface area contributed by atoms with Crippen molar-refractivity contribution >= 4 is 10.0 Å². The highest BCUT2D eigenvalue weighted by Gasteiger charge is 2.22. The van der Waals surface area contributed by atoms with Crippen LogP contribution >= 0.6 is 0 Å². The van der Waals surface area contributed by atoms with Crippen LogP contribution in [0.25, 0.3) is 0 Å². The van der Waals surface area contributed by atoms with E-state index >= 15 is 0 Å². The molecule has 0 aliphatic carbocycles. The second-order valence-corrected chi connectivity index (χ2v) is 8.11. The van der Waals surface area contributed by atoms with E-state index in [4.69, 9.17) is 0 Å². The Bertz CT molecular complexity index is 652. The van der Waals surface area contributed by atoms with Gasteiger partial charge in [0.2, 0.25) is 10.0 Å². The number of hydrogen-bond donors (Lipinski definition) is 1. The van der Waals surface area contributed by atoms with Gasteiger partial charge in [-0.15, -0.1) is 0 Å². The summed E-state index contributed by atoms with van der Waals surface area (Å²) < 4.78 is 26.3. The van der Waals surface area contributed by atoms with Crippen molar-refractivity contribution in [1.82, 2.24) is 9.62 Å². The molecule has 1 aromatic carbocycles. The second kappa shape index (κ2) is 8.44. The van der Waals surface area contributed by atoms with Crippen molar-refractivity contribution in [2.75, 3.05) is 25.4 Å². The minimum absolute atomic E-state index is 0.193. The first-order chi connectivity index (χ1) is 11.0. The van der Waals surface area contributed by atoms with Crippen LogP contribution in [0.5, 0.6) is 0 Å². The summed E-state index contributed by atoms with van der Waals surface area (Å²) >= 11 is 0. The van der Waals surface area contributed by atoms with E-state index in [0.29, 0.717) is 18.9 Å². The Labute approximate surface area is 139 Å². The number of piperidine rings is 1. The van der Waals surface area contributed by atoms with E-state index in [9.17, 15) is 13.7 Å². The van der Waals surface area contributed by atoms with Gasteiger partial charge in [-0.2, -0.15) is 5.26 Å². The van der Waals surface area contributed by atoms with Gasteiger partial charge in [0, 0.05) is 19.6 Å². The highest BCUT2D eigenvalue weighted by Crippen LogP contribution is 2.19. The predicted octanol–water partition coefficient (Wildman–Crippen LogP) is 2.10. The summed E-state index contributed by atoms with van der Waals surface area (Å²) in [7, 11) is -3.13. The molecule has 6 heteroatoms. The molecule has 1 aliphatic rings. The summed E-state index contributed by atoms with van der Waals surface area (Å²) in [6.07, 6.45) is 2.75. The summed E-state index contributed by atoms with van der Waals surface area (Å²) in [5, 5.41) is 9.18. The van der Waals surface area contributed by atoms with E-state index in [1.165, 1.54) is 0 Å². The molecule has 0 saturated carbocycles. The van der Waals surface area contributed by atoms with Gasteiger partial charge in [-0.1, -0.05) is 25.1 Å². The third kappa shape index (κ3) is 5.61. The minimum Gasteiger partial charge on any atom is -0.299 e. The predicted molar refractivity (Wildman–Crippen MR) is 91.2 cm³/mol. The minimum atomic E-state index is -3.13. The number of nitrogens with zero attached hydrogens (tertiary/aromatic N) is 2. The molecule has 0 radical (unpaired) electrons. The highest BCUT2D eigenvalue weighted by atomic mass is 32.2. The Morgan fingerprint density at radius 2 is 2.17 bits per heavy atom. The summed E-state index contributed by atoms with van der Waals surface area (Å²) in [5.74, 6) is 0.531. The molecule has 2 rings (SSSR count). The van der Waals surface area contributed by atoms with Crippen molar-refractivity contribution in [3.63, 3.8) is 0 Å². The van der Waals surface area contributed by atoms with Crippen LogP contribution < -0.4 is 4.72 Å². The van der Waals surface area contributed by atoms with Crippen LogP contribution in [-0.2, 0) is 16.6 Å². The van der Waals surface area contributed by atoms with Crippen molar-refractivity contribution in [3.8, 4) is 6.07 Å².